The van der Waals surface area contributed by atoms with E-state index in [4.69, 9.17) is 4.42 Å². The highest BCUT2D eigenvalue weighted by Crippen LogP contribution is 2.20. The third-order valence-corrected chi connectivity index (χ3v) is 5.73. The van der Waals surface area contributed by atoms with Crippen molar-refractivity contribution in [3.8, 4) is 0 Å². The Bertz CT molecular complexity index is 1260. The van der Waals surface area contributed by atoms with Gasteiger partial charge in [0.15, 0.2) is 5.58 Å². The predicted octanol–water partition coefficient (Wildman–Crippen LogP) is 2.15. The van der Waals surface area contributed by atoms with E-state index in [1.807, 2.05) is 40.5 Å². The fourth-order valence-corrected chi connectivity index (χ4v) is 4.14. The Morgan fingerprint density at radius 1 is 1.07 bits per heavy atom. The van der Waals surface area contributed by atoms with Gasteiger partial charge in [-0.1, -0.05) is 25.1 Å². The van der Waals surface area contributed by atoms with E-state index in [1.165, 1.54) is 4.68 Å². The lowest BCUT2D eigenvalue weighted by Crippen LogP contribution is -2.50. The number of anilines is 1. The lowest BCUT2D eigenvalue weighted by molar-refractivity contribution is -0.132. The van der Waals surface area contributed by atoms with E-state index in [1.54, 1.807) is 12.3 Å². The van der Waals surface area contributed by atoms with Gasteiger partial charge in [-0.15, -0.1) is 0 Å². The van der Waals surface area contributed by atoms with Crippen LogP contribution in [0.4, 0.5) is 5.69 Å². The zero-order valence-corrected chi connectivity index (χ0v) is 16.8. The van der Waals surface area contributed by atoms with Crippen LogP contribution in [0.15, 0.2) is 57.9 Å². The second kappa shape index (κ2) is 7.37. The van der Waals surface area contributed by atoms with Crippen LogP contribution in [0.5, 0.6) is 0 Å². The number of hydrogen-bond acceptors (Lipinski definition) is 5. The van der Waals surface area contributed by atoms with E-state index in [2.05, 4.69) is 22.1 Å². The Morgan fingerprint density at radius 2 is 1.83 bits per heavy atom. The summed E-state index contributed by atoms with van der Waals surface area (Å²) >= 11 is 0. The summed E-state index contributed by atoms with van der Waals surface area (Å²) in [5, 5.41) is 4.49. The number of furan rings is 1. The van der Waals surface area contributed by atoms with Gasteiger partial charge in [-0.3, -0.25) is 14.0 Å². The molecule has 3 aromatic heterocycles. The number of carbonyl (C=O) groups is 1. The van der Waals surface area contributed by atoms with Crippen molar-refractivity contribution in [3.63, 3.8) is 0 Å². The molecular weight excluding hydrogens is 382 g/mol. The van der Waals surface area contributed by atoms with Gasteiger partial charge in [0.2, 0.25) is 5.91 Å². The van der Waals surface area contributed by atoms with Crippen LogP contribution in [-0.4, -0.2) is 51.2 Å². The molecule has 4 aromatic rings. The number of amides is 1. The smallest absolute Gasteiger partial charge is 0.291 e. The van der Waals surface area contributed by atoms with Crippen LogP contribution >= 0.6 is 0 Å². The summed E-state index contributed by atoms with van der Waals surface area (Å²) in [7, 11) is 0. The van der Waals surface area contributed by atoms with E-state index in [0.29, 0.717) is 30.6 Å². The Labute approximate surface area is 172 Å². The van der Waals surface area contributed by atoms with E-state index in [0.717, 1.165) is 30.1 Å². The largest absolute Gasteiger partial charge is 0.463 e. The highest BCUT2D eigenvalue weighted by Gasteiger charge is 2.23. The molecule has 1 amide bonds. The Kier molecular flexibility index (Phi) is 4.54. The van der Waals surface area contributed by atoms with Crippen molar-refractivity contribution in [2.75, 3.05) is 31.1 Å². The molecule has 1 aliphatic heterocycles. The van der Waals surface area contributed by atoms with Crippen LogP contribution in [0.1, 0.15) is 12.7 Å². The minimum atomic E-state index is -0.283. The van der Waals surface area contributed by atoms with Crippen molar-refractivity contribution in [1.29, 1.82) is 0 Å². The van der Waals surface area contributed by atoms with E-state index < -0.39 is 0 Å². The summed E-state index contributed by atoms with van der Waals surface area (Å²) in [6, 6.07) is 13.7. The van der Waals surface area contributed by atoms with Gasteiger partial charge in [-0.2, -0.15) is 5.10 Å². The van der Waals surface area contributed by atoms with Crippen molar-refractivity contribution < 1.29 is 9.21 Å². The van der Waals surface area contributed by atoms with Crippen LogP contribution in [-0.2, 0) is 17.8 Å². The van der Waals surface area contributed by atoms with Gasteiger partial charge in [0.05, 0.1) is 11.8 Å². The maximum atomic E-state index is 13.0. The quantitative estimate of drug-likeness (QED) is 0.520. The molecule has 1 aliphatic rings. The molecule has 0 N–H and O–H groups in total. The molecule has 30 heavy (non-hydrogen) atoms. The molecule has 0 aliphatic carbocycles. The summed E-state index contributed by atoms with van der Waals surface area (Å²) in [6.45, 7) is 4.72. The summed E-state index contributed by atoms with van der Waals surface area (Å²) in [5.74, 6) is 0.640. The lowest BCUT2D eigenvalue weighted by Gasteiger charge is -2.36. The van der Waals surface area contributed by atoms with Crippen molar-refractivity contribution in [2.24, 2.45) is 0 Å². The molecule has 0 radical (unpaired) electrons. The number of aryl methyl sites for hydroxylation is 1. The molecule has 8 heteroatoms. The van der Waals surface area contributed by atoms with Crippen molar-refractivity contribution in [2.45, 2.75) is 19.9 Å². The number of aromatic nitrogens is 3. The number of hydrogen-bond donors (Lipinski definition) is 0. The molecule has 1 saturated heterocycles. The van der Waals surface area contributed by atoms with Crippen LogP contribution in [0.25, 0.3) is 16.6 Å². The molecule has 5 rings (SSSR count). The highest BCUT2D eigenvalue weighted by atomic mass is 16.3. The first-order valence-corrected chi connectivity index (χ1v) is 10.2. The molecule has 8 nitrogen and oxygen atoms in total. The molecule has 0 spiro atoms. The van der Waals surface area contributed by atoms with Gasteiger partial charge < -0.3 is 14.2 Å². The first-order valence-electron chi connectivity index (χ1n) is 10.2. The highest BCUT2D eigenvalue weighted by molar-refractivity contribution is 5.82. The zero-order chi connectivity index (χ0) is 20.7. The molecule has 0 atom stereocenters. The third kappa shape index (κ3) is 3.04. The second-order valence-electron chi connectivity index (χ2n) is 7.47. The summed E-state index contributed by atoms with van der Waals surface area (Å²) in [5.41, 5.74) is 2.83. The minimum Gasteiger partial charge on any atom is -0.463 e. The van der Waals surface area contributed by atoms with E-state index in [-0.39, 0.29) is 18.0 Å². The van der Waals surface area contributed by atoms with E-state index >= 15 is 0 Å². The Morgan fingerprint density at radius 3 is 2.57 bits per heavy atom. The lowest BCUT2D eigenvalue weighted by atomic mass is 10.2. The second-order valence-corrected chi connectivity index (χ2v) is 7.47. The molecule has 0 unspecified atom stereocenters. The normalized spacial score (nSPS) is 14.7. The number of piperazine rings is 1. The first-order chi connectivity index (χ1) is 14.7. The number of para-hydroxylation sites is 1. The summed E-state index contributed by atoms with van der Waals surface area (Å²) in [6.07, 6.45) is 2.23. The zero-order valence-electron chi connectivity index (χ0n) is 16.8. The fourth-order valence-electron chi connectivity index (χ4n) is 4.14. The van der Waals surface area contributed by atoms with Crippen LogP contribution in [0, 0.1) is 0 Å². The molecule has 1 aromatic carbocycles. The Balaban J connectivity index is 1.36. The average molecular weight is 405 g/mol. The molecule has 0 saturated carbocycles. The van der Waals surface area contributed by atoms with Crippen molar-refractivity contribution in [3.05, 3.63) is 64.9 Å². The molecular formula is C22H23N5O3. The monoisotopic (exact) mass is 405 g/mol. The fraction of sp³-hybridized carbons (Fsp3) is 0.318. The molecule has 0 bridgehead atoms. The van der Waals surface area contributed by atoms with Crippen molar-refractivity contribution in [1.82, 2.24) is 19.1 Å². The maximum Gasteiger partial charge on any atom is 0.291 e. The topological polar surface area (TPSA) is 76.0 Å². The number of benzene rings is 1. The van der Waals surface area contributed by atoms with Gasteiger partial charge in [0.25, 0.3) is 5.56 Å². The Hall–Kier alpha value is -3.55. The van der Waals surface area contributed by atoms with E-state index in [9.17, 15) is 9.59 Å². The molecule has 4 heterocycles. The van der Waals surface area contributed by atoms with Gasteiger partial charge in [0.1, 0.15) is 17.9 Å². The van der Waals surface area contributed by atoms with Crippen LogP contribution in [0.3, 0.4) is 0 Å². The van der Waals surface area contributed by atoms with Crippen LogP contribution in [0.2, 0.25) is 0 Å². The SMILES string of the molecule is CCc1nn(CC(=O)N2CCN(c3ccccc3)CC2)c(=O)c2cc3occc3n12. The van der Waals surface area contributed by atoms with Gasteiger partial charge >= 0.3 is 0 Å². The maximum absolute atomic E-state index is 13.0. The van der Waals surface area contributed by atoms with Gasteiger partial charge in [0, 0.05) is 50.4 Å². The average Bonchev–Trinajstić information content (AvgIpc) is 3.38. The summed E-state index contributed by atoms with van der Waals surface area (Å²) in [4.78, 5) is 30.0. The minimum absolute atomic E-state index is 0.0553. The van der Waals surface area contributed by atoms with Gasteiger partial charge in [-0.25, -0.2) is 4.68 Å². The first kappa shape index (κ1) is 18.5. The van der Waals surface area contributed by atoms with Crippen LogP contribution < -0.4 is 10.5 Å². The number of rotatable bonds is 4. The van der Waals surface area contributed by atoms with Crippen molar-refractivity contribution >= 4 is 28.2 Å². The number of fused-ring (bicyclic) bond motifs is 3. The molecule has 1 fully saturated rings. The predicted molar refractivity (Wildman–Crippen MR) is 114 cm³/mol. The molecule has 154 valence electrons. The number of carbonyl (C=O) groups excluding carboxylic acids is 1. The third-order valence-electron chi connectivity index (χ3n) is 5.73. The van der Waals surface area contributed by atoms with Gasteiger partial charge in [-0.05, 0) is 12.1 Å². The summed E-state index contributed by atoms with van der Waals surface area (Å²) < 4.78 is 8.55. The number of nitrogens with zero attached hydrogens (tertiary/aromatic N) is 5. The standard InChI is InChI=1S/C22H23N5O3/c1-2-20-23-26(22(29)18-14-19-17(27(18)20)8-13-30-19)15-21(28)25-11-9-24(10-12-25)16-6-4-3-5-7-16/h3-8,13-14H,2,9-12,15H2,1H3.